The van der Waals surface area contributed by atoms with Crippen LogP contribution in [0.25, 0.3) is 6.08 Å². The summed E-state index contributed by atoms with van der Waals surface area (Å²) in [5.74, 6) is -0.367. The number of hydrogen-bond donors (Lipinski definition) is 0. The quantitative estimate of drug-likeness (QED) is 0.470. The van der Waals surface area contributed by atoms with Crippen LogP contribution in [-0.4, -0.2) is 25.9 Å². The molecule has 1 aromatic rings. The fourth-order valence-corrected chi connectivity index (χ4v) is 2.22. The number of carbonyl (C=O) groups is 1. The predicted molar refractivity (Wildman–Crippen MR) is 71.2 cm³/mol. The van der Waals surface area contributed by atoms with Crippen molar-refractivity contribution in [3.8, 4) is 0 Å². The van der Waals surface area contributed by atoms with Crippen LogP contribution < -0.4 is 5.30 Å². The fourth-order valence-electron chi connectivity index (χ4n) is 1.32. The van der Waals surface area contributed by atoms with Crippen molar-refractivity contribution in [1.29, 1.82) is 0 Å². The molecule has 1 aromatic carbocycles. The Bertz CT molecular complexity index is 471. The molecule has 0 N–H and O–H groups in total. The molecule has 17 heavy (non-hydrogen) atoms. The van der Waals surface area contributed by atoms with Gasteiger partial charge in [-0.3, -0.25) is 0 Å². The van der Waals surface area contributed by atoms with Gasteiger partial charge in [0.25, 0.3) is 0 Å². The first-order valence-corrected chi connectivity index (χ1v) is 8.04. The van der Waals surface area contributed by atoms with Crippen LogP contribution in [-0.2, 0) is 14.1 Å². The molecule has 0 atom stereocenters. The molecule has 0 bridgehead atoms. The van der Waals surface area contributed by atoms with Gasteiger partial charge in [0.05, 0.1) is 6.61 Å². The predicted octanol–water partition coefficient (Wildman–Crippen LogP) is 2.51. The molecule has 3 nitrogen and oxygen atoms in total. The summed E-state index contributed by atoms with van der Waals surface area (Å²) in [4.78, 5) is 11.1. The fraction of sp³-hybridized carbons (Fsp3) is 0.308. The summed E-state index contributed by atoms with van der Waals surface area (Å²) < 4.78 is 16.7. The number of ether oxygens (including phenoxy) is 1. The van der Waals surface area contributed by atoms with Gasteiger partial charge < -0.3 is 9.30 Å². The first-order chi connectivity index (χ1) is 7.93. The third-order valence-electron chi connectivity index (χ3n) is 2.19. The van der Waals surface area contributed by atoms with E-state index in [1.807, 2.05) is 24.3 Å². The van der Waals surface area contributed by atoms with Crippen molar-refractivity contribution in [2.24, 2.45) is 0 Å². The lowest BCUT2D eigenvalue weighted by Crippen LogP contribution is -2.02. The van der Waals surface area contributed by atoms with E-state index >= 15 is 0 Å². The molecule has 0 aromatic heterocycles. The molecule has 0 radical (unpaired) electrons. The zero-order valence-corrected chi connectivity index (χ0v) is 11.2. The van der Waals surface area contributed by atoms with Crippen LogP contribution in [0.5, 0.6) is 0 Å². The van der Waals surface area contributed by atoms with Gasteiger partial charge in [-0.25, -0.2) is 4.79 Å². The third kappa shape index (κ3) is 4.58. The van der Waals surface area contributed by atoms with E-state index in [9.17, 15) is 9.36 Å². The normalized spacial score (nSPS) is 11.7. The Hall–Kier alpha value is -1.34. The van der Waals surface area contributed by atoms with Gasteiger partial charge >= 0.3 is 5.97 Å². The number of rotatable bonds is 4. The molecule has 92 valence electrons. The highest BCUT2D eigenvalue weighted by Gasteiger charge is 2.10. The second-order valence-electron chi connectivity index (χ2n) is 4.03. The molecule has 0 unspecified atom stereocenters. The highest BCUT2D eigenvalue weighted by atomic mass is 31.2. The number of carbonyl (C=O) groups excluding carboxylic acids is 1. The molecule has 0 fully saturated rings. The summed E-state index contributed by atoms with van der Waals surface area (Å²) in [5.41, 5.74) is 0.847. The molecular formula is C13H17O3P. The topological polar surface area (TPSA) is 43.4 Å². The van der Waals surface area contributed by atoms with Crippen molar-refractivity contribution in [2.45, 2.75) is 6.92 Å². The largest absolute Gasteiger partial charge is 0.463 e. The molecular weight excluding hydrogens is 235 g/mol. The maximum absolute atomic E-state index is 11.9. The highest BCUT2D eigenvalue weighted by Crippen LogP contribution is 2.34. The maximum atomic E-state index is 11.9. The first kappa shape index (κ1) is 13.7. The van der Waals surface area contributed by atoms with Crippen LogP contribution in [0.3, 0.4) is 0 Å². The molecule has 0 amide bonds. The average Bonchev–Trinajstić information content (AvgIpc) is 2.26. The lowest BCUT2D eigenvalue weighted by molar-refractivity contribution is -0.137. The van der Waals surface area contributed by atoms with Crippen molar-refractivity contribution >= 4 is 24.5 Å². The smallest absolute Gasteiger partial charge is 0.330 e. The summed E-state index contributed by atoms with van der Waals surface area (Å²) in [6.45, 7) is 5.57. The standard InChI is InChI=1S/C13H17O3P/c1-4-16-13(14)9-8-11-6-5-7-12(10-11)17(2,3)15/h5-10H,4H2,1-3H3/b9-8+. The molecule has 0 saturated heterocycles. The lowest BCUT2D eigenvalue weighted by Gasteiger charge is -2.07. The van der Waals surface area contributed by atoms with E-state index in [4.69, 9.17) is 4.74 Å². The summed E-state index contributed by atoms with van der Waals surface area (Å²) in [6.07, 6.45) is 3.04. The number of benzene rings is 1. The summed E-state index contributed by atoms with van der Waals surface area (Å²) >= 11 is 0. The average molecular weight is 252 g/mol. The van der Waals surface area contributed by atoms with E-state index in [0.29, 0.717) is 6.61 Å². The van der Waals surface area contributed by atoms with Crippen LogP contribution in [0.15, 0.2) is 30.3 Å². The van der Waals surface area contributed by atoms with Gasteiger partial charge in [-0.15, -0.1) is 0 Å². The molecule has 0 aliphatic carbocycles. The van der Waals surface area contributed by atoms with E-state index in [1.165, 1.54) is 6.08 Å². The number of hydrogen-bond acceptors (Lipinski definition) is 3. The third-order valence-corrected chi connectivity index (χ3v) is 3.71. The van der Waals surface area contributed by atoms with Gasteiger partial charge in [0, 0.05) is 11.4 Å². The van der Waals surface area contributed by atoms with Gasteiger partial charge in [-0.2, -0.15) is 0 Å². The summed E-state index contributed by atoms with van der Waals surface area (Å²) in [6, 6.07) is 7.35. The second kappa shape index (κ2) is 5.83. The minimum absolute atomic E-state index is 0.363. The van der Waals surface area contributed by atoms with E-state index in [-0.39, 0.29) is 5.97 Å². The van der Waals surface area contributed by atoms with Gasteiger partial charge in [0.15, 0.2) is 0 Å². The zero-order chi connectivity index (χ0) is 12.9. The first-order valence-electron chi connectivity index (χ1n) is 5.44. The van der Waals surface area contributed by atoms with E-state index in [1.54, 1.807) is 26.3 Å². The van der Waals surface area contributed by atoms with Crippen LogP contribution in [0.2, 0.25) is 0 Å². The zero-order valence-electron chi connectivity index (χ0n) is 10.3. The van der Waals surface area contributed by atoms with Crippen LogP contribution in [0, 0.1) is 0 Å². The Balaban J connectivity index is 2.87. The molecule has 0 heterocycles. The van der Waals surface area contributed by atoms with E-state index in [0.717, 1.165) is 10.9 Å². The molecule has 4 heteroatoms. The van der Waals surface area contributed by atoms with Crippen LogP contribution >= 0.6 is 7.14 Å². The summed E-state index contributed by atoms with van der Waals surface area (Å²) in [7, 11) is -2.26. The van der Waals surface area contributed by atoms with Crippen LogP contribution in [0.4, 0.5) is 0 Å². The SMILES string of the molecule is CCOC(=O)/C=C/c1cccc(P(C)(C)=O)c1. The van der Waals surface area contributed by atoms with Gasteiger partial charge in [-0.05, 0) is 38.0 Å². The number of esters is 1. The molecule has 1 rings (SSSR count). The van der Waals surface area contributed by atoms with Crippen molar-refractivity contribution < 1.29 is 14.1 Å². The molecule has 0 saturated carbocycles. The maximum Gasteiger partial charge on any atom is 0.330 e. The highest BCUT2D eigenvalue weighted by molar-refractivity contribution is 7.70. The molecule has 0 aliphatic heterocycles. The lowest BCUT2D eigenvalue weighted by atomic mass is 10.2. The van der Waals surface area contributed by atoms with Crippen molar-refractivity contribution in [1.82, 2.24) is 0 Å². The van der Waals surface area contributed by atoms with Gasteiger partial charge in [-0.1, -0.05) is 18.2 Å². The van der Waals surface area contributed by atoms with Gasteiger partial charge in [0.2, 0.25) is 0 Å². The van der Waals surface area contributed by atoms with Crippen molar-refractivity contribution in [3.05, 3.63) is 35.9 Å². The Labute approximate surface area is 102 Å². The monoisotopic (exact) mass is 252 g/mol. The van der Waals surface area contributed by atoms with E-state index in [2.05, 4.69) is 0 Å². The minimum Gasteiger partial charge on any atom is -0.463 e. The Morgan fingerprint density at radius 1 is 1.41 bits per heavy atom. The van der Waals surface area contributed by atoms with Crippen molar-refractivity contribution in [2.75, 3.05) is 19.9 Å². The minimum atomic E-state index is -2.26. The molecule has 0 spiro atoms. The second-order valence-corrected chi connectivity index (χ2v) is 7.25. The van der Waals surface area contributed by atoms with Gasteiger partial charge in [0.1, 0.15) is 7.14 Å². The Morgan fingerprint density at radius 2 is 2.12 bits per heavy atom. The Morgan fingerprint density at radius 3 is 2.71 bits per heavy atom. The summed E-state index contributed by atoms with van der Waals surface area (Å²) in [5, 5.41) is 0.809. The van der Waals surface area contributed by atoms with Crippen LogP contribution in [0.1, 0.15) is 12.5 Å². The Kier molecular flexibility index (Phi) is 4.71. The van der Waals surface area contributed by atoms with Crippen molar-refractivity contribution in [3.63, 3.8) is 0 Å². The van der Waals surface area contributed by atoms with E-state index < -0.39 is 7.14 Å². The molecule has 0 aliphatic rings.